The summed E-state index contributed by atoms with van der Waals surface area (Å²) in [5.74, 6) is -0.201. The Morgan fingerprint density at radius 2 is 2.26 bits per heavy atom. The summed E-state index contributed by atoms with van der Waals surface area (Å²) >= 11 is 3.77. The quantitative estimate of drug-likeness (QED) is 0.586. The van der Waals surface area contributed by atoms with E-state index >= 15 is 0 Å². The van der Waals surface area contributed by atoms with Crippen LogP contribution in [-0.4, -0.2) is 6.54 Å². The molecule has 1 unspecified atom stereocenters. The Kier molecular flexibility index (Phi) is 3.42. The molecule has 0 bridgehead atoms. The van der Waals surface area contributed by atoms with Gasteiger partial charge in [-0.1, -0.05) is 0 Å². The second kappa shape index (κ2) is 4.94. The molecule has 0 spiro atoms. The third-order valence-corrected chi connectivity index (χ3v) is 5.48. The number of fused-ring (bicyclic) bond motifs is 1. The molecule has 2 aromatic rings. The highest BCUT2D eigenvalue weighted by Crippen LogP contribution is 2.39. The Morgan fingerprint density at radius 1 is 1.47 bits per heavy atom. The second-order valence-electron chi connectivity index (χ2n) is 4.74. The molecule has 1 aromatic carbocycles. The molecule has 0 saturated heterocycles. The first kappa shape index (κ1) is 13.2. The number of benzene rings is 1. The minimum absolute atomic E-state index is 0.201. The summed E-state index contributed by atoms with van der Waals surface area (Å²) in [6.45, 7) is 3.04. The maximum absolute atomic E-state index is 13.8. The van der Waals surface area contributed by atoms with Crippen LogP contribution in [0, 0.1) is 9.39 Å². The Labute approximate surface area is 129 Å². The maximum atomic E-state index is 13.8. The van der Waals surface area contributed by atoms with Crippen molar-refractivity contribution in [2.45, 2.75) is 19.4 Å². The molecule has 0 aliphatic carbocycles. The summed E-state index contributed by atoms with van der Waals surface area (Å²) in [6.07, 6.45) is 1.00. The van der Waals surface area contributed by atoms with E-state index in [1.165, 1.54) is 10.4 Å². The predicted octanol–water partition coefficient (Wildman–Crippen LogP) is 4.20. The molecular weight excluding hydrogens is 374 g/mol. The van der Waals surface area contributed by atoms with Crippen molar-refractivity contribution in [3.05, 3.63) is 43.4 Å². The van der Waals surface area contributed by atoms with Crippen LogP contribution in [-0.2, 0) is 6.42 Å². The fourth-order valence-electron chi connectivity index (χ4n) is 2.64. The summed E-state index contributed by atoms with van der Waals surface area (Å²) < 4.78 is 14.4. The van der Waals surface area contributed by atoms with Crippen LogP contribution >= 0.6 is 33.9 Å². The summed E-state index contributed by atoms with van der Waals surface area (Å²) in [6, 6.07) is 5.68. The lowest BCUT2D eigenvalue weighted by molar-refractivity contribution is 0.608. The minimum Gasteiger partial charge on any atom is -0.397 e. The Bertz CT molecular complexity index is 626. The number of hydrogen-bond donors (Lipinski definition) is 1. The van der Waals surface area contributed by atoms with Gasteiger partial charge < -0.3 is 10.6 Å². The van der Waals surface area contributed by atoms with E-state index in [9.17, 15) is 4.39 Å². The van der Waals surface area contributed by atoms with Gasteiger partial charge in [0.25, 0.3) is 0 Å². The van der Waals surface area contributed by atoms with E-state index in [0.29, 0.717) is 9.26 Å². The fraction of sp³-hybridized carbons (Fsp3) is 0.286. The number of anilines is 2. The van der Waals surface area contributed by atoms with E-state index in [-0.39, 0.29) is 11.9 Å². The van der Waals surface area contributed by atoms with Gasteiger partial charge in [0, 0.05) is 17.5 Å². The molecule has 100 valence electrons. The minimum atomic E-state index is -0.201. The summed E-state index contributed by atoms with van der Waals surface area (Å²) in [5, 5.41) is 2.13. The number of nitrogens with zero attached hydrogens (tertiary/aromatic N) is 1. The van der Waals surface area contributed by atoms with Crippen LogP contribution in [0.2, 0.25) is 0 Å². The molecule has 2 nitrogen and oxygen atoms in total. The lowest BCUT2D eigenvalue weighted by atomic mass is 10.0. The molecule has 1 aliphatic rings. The van der Waals surface area contributed by atoms with Crippen LogP contribution in [0.5, 0.6) is 0 Å². The van der Waals surface area contributed by atoms with Gasteiger partial charge in [-0.25, -0.2) is 4.39 Å². The van der Waals surface area contributed by atoms with Crippen LogP contribution in [0.15, 0.2) is 23.6 Å². The van der Waals surface area contributed by atoms with E-state index in [0.717, 1.165) is 18.7 Å². The van der Waals surface area contributed by atoms with E-state index in [1.54, 1.807) is 23.5 Å². The number of thiophene rings is 1. The maximum Gasteiger partial charge on any atom is 0.138 e. The van der Waals surface area contributed by atoms with Crippen LogP contribution in [0.4, 0.5) is 15.8 Å². The second-order valence-corrected chi connectivity index (χ2v) is 6.91. The molecule has 1 atom stereocenters. The first-order valence-electron chi connectivity index (χ1n) is 6.15. The molecule has 0 saturated carbocycles. The van der Waals surface area contributed by atoms with E-state index in [2.05, 4.69) is 23.3 Å². The average Bonchev–Trinajstić information content (AvgIpc) is 2.84. The zero-order valence-corrected chi connectivity index (χ0v) is 13.5. The van der Waals surface area contributed by atoms with E-state index < -0.39 is 0 Å². The smallest absolute Gasteiger partial charge is 0.138 e. The van der Waals surface area contributed by atoms with E-state index in [4.69, 9.17) is 5.73 Å². The Morgan fingerprint density at radius 3 is 3.05 bits per heavy atom. The zero-order chi connectivity index (χ0) is 13.6. The van der Waals surface area contributed by atoms with Crippen molar-refractivity contribution in [2.24, 2.45) is 0 Å². The highest BCUT2D eigenvalue weighted by atomic mass is 127. The highest BCUT2D eigenvalue weighted by Gasteiger charge is 2.26. The zero-order valence-electron chi connectivity index (χ0n) is 10.5. The van der Waals surface area contributed by atoms with Crippen molar-refractivity contribution < 1.29 is 4.39 Å². The third-order valence-electron chi connectivity index (χ3n) is 3.66. The van der Waals surface area contributed by atoms with Gasteiger partial charge in [0.2, 0.25) is 0 Å². The molecule has 0 radical (unpaired) electrons. The number of rotatable bonds is 1. The van der Waals surface area contributed by atoms with Gasteiger partial charge in [0.15, 0.2) is 0 Å². The third kappa shape index (κ3) is 2.23. The van der Waals surface area contributed by atoms with Gasteiger partial charge in [0.05, 0.1) is 21.0 Å². The largest absolute Gasteiger partial charge is 0.397 e. The summed E-state index contributed by atoms with van der Waals surface area (Å²) in [7, 11) is 0. The predicted molar refractivity (Wildman–Crippen MR) is 87.3 cm³/mol. The highest BCUT2D eigenvalue weighted by molar-refractivity contribution is 14.1. The van der Waals surface area contributed by atoms with Gasteiger partial charge in [-0.05, 0) is 59.0 Å². The van der Waals surface area contributed by atoms with Gasteiger partial charge >= 0.3 is 0 Å². The van der Waals surface area contributed by atoms with Crippen molar-refractivity contribution in [1.82, 2.24) is 0 Å². The summed E-state index contributed by atoms with van der Waals surface area (Å²) in [4.78, 5) is 3.64. The molecule has 2 N–H and O–H groups in total. The normalized spacial score (nSPS) is 18.5. The molecule has 0 fully saturated rings. The van der Waals surface area contributed by atoms with Crippen molar-refractivity contribution in [1.29, 1.82) is 0 Å². The molecule has 0 amide bonds. The van der Waals surface area contributed by atoms with Gasteiger partial charge in [-0.15, -0.1) is 11.3 Å². The number of nitrogen functional groups attached to an aromatic ring is 1. The first-order chi connectivity index (χ1) is 9.08. The molecule has 1 aromatic heterocycles. The van der Waals surface area contributed by atoms with Crippen molar-refractivity contribution in [3.63, 3.8) is 0 Å². The number of halogens is 2. The van der Waals surface area contributed by atoms with Crippen LogP contribution < -0.4 is 10.6 Å². The Hall–Kier alpha value is -0.820. The SMILES string of the molecule is CC1c2ccsc2CCN1c1cc(F)c(I)cc1N. The molecule has 1 aliphatic heterocycles. The molecular formula is C14H14FIN2S. The number of nitrogens with two attached hydrogens (primary N) is 1. The van der Waals surface area contributed by atoms with E-state index in [1.807, 2.05) is 22.6 Å². The standard InChI is InChI=1S/C14H14FIN2S/c1-8-9-3-5-19-14(9)2-4-18(8)13-6-10(15)11(16)7-12(13)17/h3,5-8H,2,4,17H2,1H3. The van der Waals surface area contributed by atoms with Gasteiger partial charge in [-0.2, -0.15) is 0 Å². The lowest BCUT2D eigenvalue weighted by Crippen LogP contribution is -2.33. The average molecular weight is 388 g/mol. The molecule has 19 heavy (non-hydrogen) atoms. The molecule has 5 heteroatoms. The molecule has 3 rings (SSSR count). The fourth-order valence-corrected chi connectivity index (χ4v) is 4.09. The lowest BCUT2D eigenvalue weighted by Gasteiger charge is -2.36. The summed E-state index contributed by atoms with van der Waals surface area (Å²) in [5.41, 5.74) is 8.87. The van der Waals surface area contributed by atoms with Crippen molar-refractivity contribution in [2.75, 3.05) is 17.2 Å². The van der Waals surface area contributed by atoms with Crippen LogP contribution in [0.3, 0.4) is 0 Å². The molecule has 2 heterocycles. The van der Waals surface area contributed by atoms with Crippen molar-refractivity contribution >= 4 is 45.3 Å². The van der Waals surface area contributed by atoms with Gasteiger partial charge in [-0.3, -0.25) is 0 Å². The van der Waals surface area contributed by atoms with Crippen LogP contribution in [0.25, 0.3) is 0 Å². The Balaban J connectivity index is 2.02. The van der Waals surface area contributed by atoms with Gasteiger partial charge in [0.1, 0.15) is 5.82 Å². The van der Waals surface area contributed by atoms with Crippen molar-refractivity contribution in [3.8, 4) is 0 Å². The first-order valence-corrected chi connectivity index (χ1v) is 8.11. The topological polar surface area (TPSA) is 29.3 Å². The number of hydrogen-bond acceptors (Lipinski definition) is 3. The van der Waals surface area contributed by atoms with Crippen LogP contribution in [0.1, 0.15) is 23.4 Å². The monoisotopic (exact) mass is 388 g/mol.